The van der Waals surface area contributed by atoms with Crippen LogP contribution < -0.4 is 10.6 Å². The number of anilines is 1. The number of aromatic nitrogens is 2. The van der Waals surface area contributed by atoms with E-state index < -0.39 is 0 Å². The summed E-state index contributed by atoms with van der Waals surface area (Å²) in [4.78, 5) is 24.0. The van der Waals surface area contributed by atoms with E-state index in [4.69, 9.17) is 4.42 Å². The van der Waals surface area contributed by atoms with Crippen molar-refractivity contribution in [3.05, 3.63) is 64.0 Å². The number of benzene rings is 1. The van der Waals surface area contributed by atoms with Gasteiger partial charge >= 0.3 is 0 Å². The van der Waals surface area contributed by atoms with Crippen molar-refractivity contribution in [3.8, 4) is 0 Å². The summed E-state index contributed by atoms with van der Waals surface area (Å²) in [5.41, 5.74) is 1.83. The molecule has 0 atom stereocenters. The highest BCUT2D eigenvalue weighted by atomic mass is 32.2. The van der Waals surface area contributed by atoms with E-state index in [1.807, 2.05) is 31.2 Å². The van der Waals surface area contributed by atoms with Gasteiger partial charge in [-0.2, -0.15) is 0 Å². The number of carbonyl (C=O) groups is 2. The number of carbonyl (C=O) groups excluding carboxylic acids is 2. The lowest BCUT2D eigenvalue weighted by Crippen LogP contribution is -2.24. The van der Waals surface area contributed by atoms with E-state index >= 15 is 0 Å². The molecular formula is C18H18N4O3S2. The zero-order valence-corrected chi connectivity index (χ0v) is 16.2. The summed E-state index contributed by atoms with van der Waals surface area (Å²) >= 11 is 2.64. The molecule has 0 aliphatic rings. The molecule has 3 rings (SSSR count). The summed E-state index contributed by atoms with van der Waals surface area (Å²) in [6.07, 6.45) is 1.57. The molecule has 140 valence electrons. The van der Waals surface area contributed by atoms with Crippen molar-refractivity contribution in [3.63, 3.8) is 0 Å². The first-order chi connectivity index (χ1) is 13.1. The molecule has 3 aromatic rings. The molecule has 7 nitrogen and oxygen atoms in total. The minimum atomic E-state index is -0.288. The topological polar surface area (TPSA) is 97.1 Å². The SMILES string of the molecule is Cc1ccc(NC(=O)c2nnc(CSCC(=O)NCc3ccco3)s2)cc1. The van der Waals surface area contributed by atoms with Gasteiger partial charge in [0, 0.05) is 11.4 Å². The third kappa shape index (κ3) is 5.93. The number of nitrogens with one attached hydrogen (secondary N) is 2. The smallest absolute Gasteiger partial charge is 0.286 e. The first-order valence-corrected chi connectivity index (χ1v) is 10.1. The predicted octanol–water partition coefficient (Wildman–Crippen LogP) is 3.24. The predicted molar refractivity (Wildman–Crippen MR) is 106 cm³/mol. The van der Waals surface area contributed by atoms with Gasteiger partial charge < -0.3 is 15.1 Å². The minimum Gasteiger partial charge on any atom is -0.467 e. The molecule has 9 heteroatoms. The Hall–Kier alpha value is -2.65. The molecule has 0 aliphatic carbocycles. The van der Waals surface area contributed by atoms with Gasteiger partial charge in [-0.15, -0.1) is 22.0 Å². The number of furan rings is 1. The molecule has 0 aliphatic heterocycles. The Morgan fingerprint density at radius 3 is 2.74 bits per heavy atom. The Balaban J connectivity index is 1.41. The fraction of sp³-hybridized carbons (Fsp3) is 0.222. The zero-order valence-electron chi connectivity index (χ0n) is 14.6. The normalized spacial score (nSPS) is 10.6. The molecule has 0 saturated heterocycles. The molecule has 0 unspecified atom stereocenters. The number of aryl methyl sites for hydroxylation is 1. The van der Waals surface area contributed by atoms with Crippen molar-refractivity contribution in [2.45, 2.75) is 19.2 Å². The highest BCUT2D eigenvalue weighted by Crippen LogP contribution is 2.18. The second-order valence-corrected chi connectivity index (χ2v) is 7.72. The van der Waals surface area contributed by atoms with Crippen LogP contribution >= 0.6 is 23.1 Å². The number of nitrogens with zero attached hydrogens (tertiary/aromatic N) is 2. The minimum absolute atomic E-state index is 0.0850. The van der Waals surface area contributed by atoms with Crippen molar-refractivity contribution >= 4 is 40.6 Å². The van der Waals surface area contributed by atoms with Gasteiger partial charge in [-0.25, -0.2) is 0 Å². The van der Waals surface area contributed by atoms with Crippen LogP contribution in [0.4, 0.5) is 5.69 Å². The van der Waals surface area contributed by atoms with Crippen molar-refractivity contribution in [1.29, 1.82) is 0 Å². The van der Waals surface area contributed by atoms with Crippen molar-refractivity contribution < 1.29 is 14.0 Å². The summed E-state index contributed by atoms with van der Waals surface area (Å²) in [7, 11) is 0. The van der Waals surface area contributed by atoms with Gasteiger partial charge in [0.25, 0.3) is 5.91 Å². The number of amides is 2. The van der Waals surface area contributed by atoms with Crippen LogP contribution in [0.2, 0.25) is 0 Å². The van der Waals surface area contributed by atoms with Crippen molar-refractivity contribution in [1.82, 2.24) is 15.5 Å². The molecular weight excluding hydrogens is 384 g/mol. The molecule has 1 aromatic carbocycles. The van der Waals surface area contributed by atoms with E-state index in [2.05, 4.69) is 20.8 Å². The molecule has 0 radical (unpaired) electrons. The fourth-order valence-electron chi connectivity index (χ4n) is 2.11. The fourth-order valence-corrected chi connectivity index (χ4v) is 3.74. The van der Waals surface area contributed by atoms with E-state index in [0.29, 0.717) is 39.5 Å². The highest BCUT2D eigenvalue weighted by molar-refractivity contribution is 7.99. The standard InChI is InChI=1S/C18H18N4O3S2/c1-12-4-6-13(7-5-12)20-17(24)18-22-21-16(27-18)11-26-10-15(23)19-9-14-3-2-8-25-14/h2-8H,9-11H2,1H3,(H,19,23)(H,20,24). The average molecular weight is 403 g/mol. The molecule has 0 saturated carbocycles. The van der Waals surface area contributed by atoms with E-state index in [9.17, 15) is 9.59 Å². The summed E-state index contributed by atoms with van der Waals surface area (Å²) in [6.45, 7) is 2.35. The lowest BCUT2D eigenvalue weighted by atomic mass is 10.2. The molecule has 0 fully saturated rings. The van der Waals surface area contributed by atoms with Crippen molar-refractivity contribution in [2.75, 3.05) is 11.1 Å². The second-order valence-electron chi connectivity index (χ2n) is 5.67. The third-order valence-electron chi connectivity index (χ3n) is 3.47. The third-order valence-corrected chi connectivity index (χ3v) is 5.52. The van der Waals surface area contributed by atoms with Crippen LogP contribution in [0.5, 0.6) is 0 Å². The molecule has 0 bridgehead atoms. The Labute approximate surface area is 164 Å². The maximum Gasteiger partial charge on any atom is 0.286 e. The van der Waals surface area contributed by atoms with Gasteiger partial charge in [-0.3, -0.25) is 9.59 Å². The van der Waals surface area contributed by atoms with E-state index in [-0.39, 0.29) is 11.8 Å². The van der Waals surface area contributed by atoms with Gasteiger partial charge in [0.1, 0.15) is 10.8 Å². The Morgan fingerprint density at radius 1 is 1.19 bits per heavy atom. The van der Waals surface area contributed by atoms with E-state index in [0.717, 1.165) is 5.56 Å². The largest absolute Gasteiger partial charge is 0.467 e. The Bertz CT molecular complexity index is 892. The quantitative estimate of drug-likeness (QED) is 0.600. The summed E-state index contributed by atoms with van der Waals surface area (Å²) in [5.74, 6) is 1.15. The molecule has 2 N–H and O–H groups in total. The van der Waals surface area contributed by atoms with Crippen LogP contribution in [0.3, 0.4) is 0 Å². The first-order valence-electron chi connectivity index (χ1n) is 8.17. The van der Waals surface area contributed by atoms with Crippen LogP contribution in [-0.4, -0.2) is 27.8 Å². The number of thioether (sulfide) groups is 1. The number of rotatable bonds is 8. The van der Waals surface area contributed by atoms with Gasteiger partial charge in [0.05, 0.1) is 18.6 Å². The van der Waals surface area contributed by atoms with Crippen molar-refractivity contribution in [2.24, 2.45) is 0 Å². The summed E-state index contributed by atoms with van der Waals surface area (Å²) in [6, 6.07) is 11.1. The maximum absolute atomic E-state index is 12.2. The average Bonchev–Trinajstić information content (AvgIpc) is 3.34. The maximum atomic E-state index is 12.2. The molecule has 2 aromatic heterocycles. The molecule has 0 spiro atoms. The summed E-state index contributed by atoms with van der Waals surface area (Å²) in [5, 5.41) is 14.5. The van der Waals surface area contributed by atoms with Crippen LogP contribution in [0, 0.1) is 6.92 Å². The molecule has 2 heterocycles. The first kappa shape index (κ1) is 19.1. The van der Waals surface area contributed by atoms with Crippen LogP contribution in [-0.2, 0) is 17.1 Å². The molecule has 2 amide bonds. The Kier molecular flexibility index (Phi) is 6.61. The van der Waals surface area contributed by atoms with Gasteiger partial charge in [-0.1, -0.05) is 29.0 Å². The summed E-state index contributed by atoms with van der Waals surface area (Å²) < 4.78 is 5.16. The number of hydrogen-bond donors (Lipinski definition) is 2. The van der Waals surface area contributed by atoms with E-state index in [1.165, 1.54) is 23.1 Å². The Morgan fingerprint density at radius 2 is 2.00 bits per heavy atom. The lowest BCUT2D eigenvalue weighted by Gasteiger charge is -2.02. The van der Waals surface area contributed by atoms with Gasteiger partial charge in [-0.05, 0) is 31.2 Å². The van der Waals surface area contributed by atoms with Gasteiger partial charge in [0.2, 0.25) is 10.9 Å². The second kappa shape index (κ2) is 9.33. The monoisotopic (exact) mass is 402 g/mol. The van der Waals surface area contributed by atoms with Crippen LogP contribution in [0.1, 0.15) is 26.1 Å². The van der Waals surface area contributed by atoms with Crippen LogP contribution in [0.25, 0.3) is 0 Å². The van der Waals surface area contributed by atoms with E-state index in [1.54, 1.807) is 18.4 Å². The van der Waals surface area contributed by atoms with Gasteiger partial charge in [0.15, 0.2) is 0 Å². The molecule has 27 heavy (non-hydrogen) atoms. The highest BCUT2D eigenvalue weighted by Gasteiger charge is 2.13. The number of hydrogen-bond acceptors (Lipinski definition) is 7. The zero-order chi connectivity index (χ0) is 19.1. The lowest BCUT2D eigenvalue weighted by molar-refractivity contribution is -0.118. The van der Waals surface area contributed by atoms with Crippen LogP contribution in [0.15, 0.2) is 47.1 Å².